The van der Waals surface area contributed by atoms with Crippen LogP contribution in [0.15, 0.2) is 66.0 Å². The fourth-order valence-corrected chi connectivity index (χ4v) is 4.78. The Bertz CT molecular complexity index is 1010. The number of rotatable bonds is 6. The van der Waals surface area contributed by atoms with Crippen molar-refractivity contribution in [2.24, 2.45) is 0 Å². The zero-order valence-corrected chi connectivity index (χ0v) is 18.0. The number of thiophene rings is 1. The molecule has 154 valence electrons. The molecule has 0 bridgehead atoms. The standard InChI is InChI=1S/C25H26N2O2S/c1-2-6-22(25(29)27-15-13-23-21(17-27)14-16-30-23)26-24(28)20-11-9-19(10-12-20)18-7-4-3-5-8-18/h3-5,7-12,14,16,22H,2,6,13,15,17H2,1H3,(H,26,28)/t22-/m1/s1. The summed E-state index contributed by atoms with van der Waals surface area (Å²) in [4.78, 5) is 29.2. The summed E-state index contributed by atoms with van der Waals surface area (Å²) in [7, 11) is 0. The van der Waals surface area contributed by atoms with Gasteiger partial charge in [-0.1, -0.05) is 55.8 Å². The molecule has 3 aromatic rings. The lowest BCUT2D eigenvalue weighted by molar-refractivity contribution is -0.134. The van der Waals surface area contributed by atoms with E-state index >= 15 is 0 Å². The van der Waals surface area contributed by atoms with Crippen LogP contribution in [-0.2, 0) is 17.8 Å². The molecule has 1 aliphatic heterocycles. The summed E-state index contributed by atoms with van der Waals surface area (Å²) in [5.41, 5.74) is 3.98. The Labute approximate surface area is 181 Å². The molecule has 0 radical (unpaired) electrons. The van der Waals surface area contributed by atoms with E-state index in [-0.39, 0.29) is 11.8 Å². The lowest BCUT2D eigenvalue weighted by Gasteiger charge is -2.31. The van der Waals surface area contributed by atoms with Crippen molar-refractivity contribution in [2.75, 3.05) is 6.54 Å². The van der Waals surface area contributed by atoms with Crippen LogP contribution < -0.4 is 5.32 Å². The Morgan fingerprint density at radius 2 is 1.77 bits per heavy atom. The molecule has 1 N–H and O–H groups in total. The van der Waals surface area contributed by atoms with Gasteiger partial charge in [-0.25, -0.2) is 0 Å². The molecule has 2 aromatic carbocycles. The molecule has 0 saturated carbocycles. The van der Waals surface area contributed by atoms with E-state index in [4.69, 9.17) is 0 Å². The van der Waals surface area contributed by atoms with Crippen molar-refractivity contribution in [3.8, 4) is 11.1 Å². The number of hydrogen-bond acceptors (Lipinski definition) is 3. The van der Waals surface area contributed by atoms with Crippen LogP contribution >= 0.6 is 11.3 Å². The molecule has 5 heteroatoms. The first-order chi connectivity index (χ1) is 14.7. The summed E-state index contributed by atoms with van der Waals surface area (Å²) in [6.45, 7) is 3.39. The Kier molecular flexibility index (Phi) is 6.29. The summed E-state index contributed by atoms with van der Waals surface area (Å²) in [6.07, 6.45) is 2.37. The number of nitrogens with one attached hydrogen (secondary N) is 1. The predicted molar refractivity (Wildman–Crippen MR) is 121 cm³/mol. The van der Waals surface area contributed by atoms with Gasteiger partial charge in [0.25, 0.3) is 5.91 Å². The van der Waals surface area contributed by atoms with E-state index < -0.39 is 6.04 Å². The lowest BCUT2D eigenvalue weighted by Crippen LogP contribution is -2.49. The van der Waals surface area contributed by atoms with Gasteiger partial charge in [-0.15, -0.1) is 11.3 Å². The first-order valence-electron chi connectivity index (χ1n) is 10.5. The molecule has 0 spiro atoms. The Hall–Kier alpha value is -2.92. The van der Waals surface area contributed by atoms with E-state index in [1.807, 2.05) is 66.4 Å². The number of carbonyl (C=O) groups excluding carboxylic acids is 2. The van der Waals surface area contributed by atoms with Gasteiger partial charge in [0, 0.05) is 23.5 Å². The number of carbonyl (C=O) groups is 2. The van der Waals surface area contributed by atoms with Gasteiger partial charge in [-0.3, -0.25) is 9.59 Å². The molecule has 0 fully saturated rings. The third-order valence-corrected chi connectivity index (χ3v) is 6.58. The fraction of sp³-hybridized carbons (Fsp3) is 0.280. The topological polar surface area (TPSA) is 49.4 Å². The summed E-state index contributed by atoms with van der Waals surface area (Å²) >= 11 is 1.76. The minimum Gasteiger partial charge on any atom is -0.340 e. The summed E-state index contributed by atoms with van der Waals surface area (Å²) in [6, 6.07) is 19.2. The van der Waals surface area contributed by atoms with Crippen molar-refractivity contribution in [1.82, 2.24) is 10.2 Å². The number of benzene rings is 2. The third-order valence-electron chi connectivity index (χ3n) is 5.55. The van der Waals surface area contributed by atoms with Crippen molar-refractivity contribution in [2.45, 2.75) is 38.8 Å². The van der Waals surface area contributed by atoms with E-state index in [9.17, 15) is 9.59 Å². The maximum atomic E-state index is 13.1. The van der Waals surface area contributed by atoms with Gasteiger partial charge in [-0.05, 0) is 53.1 Å². The van der Waals surface area contributed by atoms with Crippen LogP contribution in [0.5, 0.6) is 0 Å². The van der Waals surface area contributed by atoms with Crippen molar-refractivity contribution in [3.63, 3.8) is 0 Å². The van der Waals surface area contributed by atoms with Gasteiger partial charge in [0.05, 0.1) is 0 Å². The van der Waals surface area contributed by atoms with Crippen molar-refractivity contribution >= 4 is 23.2 Å². The van der Waals surface area contributed by atoms with Gasteiger partial charge in [0.2, 0.25) is 5.91 Å². The van der Waals surface area contributed by atoms with E-state index in [2.05, 4.69) is 16.8 Å². The van der Waals surface area contributed by atoms with Crippen LogP contribution in [0, 0.1) is 0 Å². The molecule has 2 heterocycles. The summed E-state index contributed by atoms with van der Waals surface area (Å²) in [5.74, 6) is -0.183. The zero-order chi connectivity index (χ0) is 20.9. The van der Waals surface area contributed by atoms with Gasteiger partial charge in [-0.2, -0.15) is 0 Å². The van der Waals surface area contributed by atoms with Crippen LogP contribution in [0.4, 0.5) is 0 Å². The largest absolute Gasteiger partial charge is 0.340 e. The maximum absolute atomic E-state index is 13.1. The first kappa shape index (κ1) is 20.4. The minimum atomic E-state index is -0.489. The second-order valence-corrected chi connectivity index (χ2v) is 8.64. The van der Waals surface area contributed by atoms with E-state index in [1.165, 1.54) is 10.4 Å². The molecule has 30 heavy (non-hydrogen) atoms. The normalized spacial score (nSPS) is 14.1. The predicted octanol–water partition coefficient (Wildman–Crippen LogP) is 4.90. The van der Waals surface area contributed by atoms with Gasteiger partial charge >= 0.3 is 0 Å². The third kappa shape index (κ3) is 4.46. The number of nitrogens with zero attached hydrogens (tertiary/aromatic N) is 1. The van der Waals surface area contributed by atoms with Crippen LogP contribution in [-0.4, -0.2) is 29.3 Å². The highest BCUT2D eigenvalue weighted by molar-refractivity contribution is 7.10. The number of fused-ring (bicyclic) bond motifs is 1. The van der Waals surface area contributed by atoms with E-state index in [0.717, 1.165) is 24.0 Å². The van der Waals surface area contributed by atoms with Crippen LogP contribution in [0.1, 0.15) is 40.6 Å². The van der Waals surface area contributed by atoms with E-state index in [1.54, 1.807) is 11.3 Å². The van der Waals surface area contributed by atoms with Gasteiger partial charge in [0.15, 0.2) is 0 Å². The van der Waals surface area contributed by atoms with Crippen LogP contribution in [0.25, 0.3) is 11.1 Å². The minimum absolute atomic E-state index is 0.0166. The maximum Gasteiger partial charge on any atom is 0.251 e. The van der Waals surface area contributed by atoms with Crippen molar-refractivity contribution in [3.05, 3.63) is 82.0 Å². The molecule has 1 atom stereocenters. The van der Waals surface area contributed by atoms with Crippen LogP contribution in [0.2, 0.25) is 0 Å². The second-order valence-electron chi connectivity index (χ2n) is 7.64. The lowest BCUT2D eigenvalue weighted by atomic mass is 10.0. The van der Waals surface area contributed by atoms with Crippen molar-refractivity contribution < 1.29 is 9.59 Å². The average Bonchev–Trinajstić information content (AvgIpc) is 3.27. The Morgan fingerprint density at radius 1 is 1.03 bits per heavy atom. The first-order valence-corrected chi connectivity index (χ1v) is 11.3. The van der Waals surface area contributed by atoms with Gasteiger partial charge in [0.1, 0.15) is 6.04 Å². The van der Waals surface area contributed by atoms with E-state index in [0.29, 0.717) is 25.1 Å². The quantitative estimate of drug-likeness (QED) is 0.619. The molecular formula is C25H26N2O2S. The monoisotopic (exact) mass is 418 g/mol. The highest BCUT2D eigenvalue weighted by atomic mass is 32.1. The SMILES string of the molecule is CCC[C@@H](NC(=O)c1ccc(-c2ccccc2)cc1)C(=O)N1CCc2sccc2C1. The fourth-order valence-electron chi connectivity index (χ4n) is 3.89. The molecule has 2 amide bonds. The highest BCUT2D eigenvalue weighted by Gasteiger charge is 2.28. The van der Waals surface area contributed by atoms with Gasteiger partial charge < -0.3 is 10.2 Å². The smallest absolute Gasteiger partial charge is 0.251 e. The molecule has 0 aliphatic carbocycles. The highest BCUT2D eigenvalue weighted by Crippen LogP contribution is 2.25. The molecule has 4 rings (SSSR count). The average molecular weight is 419 g/mol. The number of hydrogen-bond donors (Lipinski definition) is 1. The molecule has 1 aromatic heterocycles. The second kappa shape index (κ2) is 9.26. The Morgan fingerprint density at radius 3 is 2.50 bits per heavy atom. The molecule has 0 unspecified atom stereocenters. The summed E-state index contributed by atoms with van der Waals surface area (Å²) < 4.78 is 0. The molecule has 4 nitrogen and oxygen atoms in total. The van der Waals surface area contributed by atoms with Crippen molar-refractivity contribution in [1.29, 1.82) is 0 Å². The molecule has 0 saturated heterocycles. The molecular weight excluding hydrogens is 392 g/mol. The molecule has 1 aliphatic rings. The number of amides is 2. The Balaban J connectivity index is 1.43. The van der Waals surface area contributed by atoms with Crippen LogP contribution in [0.3, 0.4) is 0 Å². The summed E-state index contributed by atoms with van der Waals surface area (Å²) in [5, 5.41) is 5.07. The zero-order valence-electron chi connectivity index (χ0n) is 17.1.